The summed E-state index contributed by atoms with van der Waals surface area (Å²) >= 11 is 0. The van der Waals surface area contributed by atoms with E-state index in [1.54, 1.807) is 7.11 Å². The summed E-state index contributed by atoms with van der Waals surface area (Å²) < 4.78 is 5.22. The van der Waals surface area contributed by atoms with Gasteiger partial charge < -0.3 is 19.9 Å². The van der Waals surface area contributed by atoms with E-state index in [-0.39, 0.29) is 12.1 Å². The van der Waals surface area contributed by atoms with Gasteiger partial charge in [-0.25, -0.2) is 0 Å². The van der Waals surface area contributed by atoms with Crippen LogP contribution in [0.2, 0.25) is 0 Å². The highest BCUT2D eigenvalue weighted by Gasteiger charge is 2.32. The number of carbonyl (C=O) groups excluding carboxylic acids is 1. The molecule has 0 spiro atoms. The lowest BCUT2D eigenvalue weighted by atomic mass is 10.0. The van der Waals surface area contributed by atoms with Crippen LogP contribution in [0.25, 0.3) is 0 Å². The number of fused-ring (bicyclic) bond motifs is 1. The maximum Gasteiger partial charge on any atom is 0.257 e. The number of para-hydroxylation sites is 1. The van der Waals surface area contributed by atoms with Crippen molar-refractivity contribution >= 4 is 17.3 Å². The lowest BCUT2D eigenvalue weighted by molar-refractivity contribution is 0.0609. The average Bonchev–Trinajstić information content (AvgIpc) is 2.69. The lowest BCUT2D eigenvalue weighted by Crippen LogP contribution is -2.44. The third-order valence-corrected chi connectivity index (χ3v) is 4.90. The molecule has 1 amide bonds. The van der Waals surface area contributed by atoms with Gasteiger partial charge in [0.15, 0.2) is 0 Å². The standard InChI is InChI=1S/C21H27N3O2/c1-4-23(5-2)17-12-10-16(11-13-17)20-22-19-9-7-6-8-18(19)21(25)24(20)14-15-26-3/h6-13,20,22H,4-5,14-15H2,1-3H3. The highest BCUT2D eigenvalue weighted by atomic mass is 16.5. The van der Waals surface area contributed by atoms with Crippen molar-refractivity contribution in [1.29, 1.82) is 0 Å². The van der Waals surface area contributed by atoms with Crippen molar-refractivity contribution < 1.29 is 9.53 Å². The predicted octanol–water partition coefficient (Wildman–Crippen LogP) is 3.75. The molecule has 0 aromatic heterocycles. The first-order chi connectivity index (χ1) is 12.7. The Labute approximate surface area is 155 Å². The summed E-state index contributed by atoms with van der Waals surface area (Å²) in [5.41, 5.74) is 3.85. The molecule has 3 rings (SSSR count). The van der Waals surface area contributed by atoms with E-state index in [1.807, 2.05) is 29.2 Å². The Morgan fingerprint density at radius 1 is 1.08 bits per heavy atom. The molecule has 26 heavy (non-hydrogen) atoms. The van der Waals surface area contributed by atoms with Crippen LogP contribution in [0.4, 0.5) is 11.4 Å². The smallest absolute Gasteiger partial charge is 0.257 e. The number of benzene rings is 2. The molecule has 1 N–H and O–H groups in total. The SMILES string of the molecule is CCN(CC)c1ccc(C2Nc3ccccc3C(=O)N2CCOC)cc1. The summed E-state index contributed by atoms with van der Waals surface area (Å²) in [6.45, 7) is 7.31. The molecule has 2 aromatic rings. The van der Waals surface area contributed by atoms with Crippen LogP contribution in [0.15, 0.2) is 48.5 Å². The van der Waals surface area contributed by atoms with E-state index in [2.05, 4.69) is 48.3 Å². The third-order valence-electron chi connectivity index (χ3n) is 4.90. The Morgan fingerprint density at radius 3 is 2.42 bits per heavy atom. The van der Waals surface area contributed by atoms with Crippen LogP contribution in [0.5, 0.6) is 0 Å². The second-order valence-electron chi connectivity index (χ2n) is 6.35. The molecule has 1 atom stereocenters. The van der Waals surface area contributed by atoms with Crippen molar-refractivity contribution in [2.75, 3.05) is 43.6 Å². The van der Waals surface area contributed by atoms with Gasteiger partial charge in [0.05, 0.1) is 12.2 Å². The van der Waals surface area contributed by atoms with Gasteiger partial charge in [0.25, 0.3) is 5.91 Å². The number of rotatable bonds is 7. The number of anilines is 2. The number of carbonyl (C=O) groups is 1. The lowest BCUT2D eigenvalue weighted by Gasteiger charge is -2.38. The minimum atomic E-state index is -0.196. The summed E-state index contributed by atoms with van der Waals surface area (Å²) in [6.07, 6.45) is -0.196. The van der Waals surface area contributed by atoms with Crippen LogP contribution in [-0.2, 0) is 4.74 Å². The topological polar surface area (TPSA) is 44.8 Å². The molecular formula is C21H27N3O2. The predicted molar refractivity (Wildman–Crippen MR) is 106 cm³/mol. The number of amides is 1. The van der Waals surface area contributed by atoms with Crippen LogP contribution in [0.3, 0.4) is 0 Å². The molecule has 1 aliphatic heterocycles. The molecule has 0 saturated carbocycles. The Hall–Kier alpha value is -2.53. The maximum atomic E-state index is 13.0. The molecule has 1 aliphatic rings. The fraction of sp³-hybridized carbons (Fsp3) is 0.381. The van der Waals surface area contributed by atoms with Gasteiger partial charge in [-0.05, 0) is 43.7 Å². The zero-order valence-electron chi connectivity index (χ0n) is 15.7. The first-order valence-electron chi connectivity index (χ1n) is 9.20. The summed E-state index contributed by atoms with van der Waals surface area (Å²) in [5, 5.41) is 3.52. The van der Waals surface area contributed by atoms with Crippen LogP contribution in [0.1, 0.15) is 35.9 Å². The fourth-order valence-electron chi connectivity index (χ4n) is 3.43. The third kappa shape index (κ3) is 3.53. The van der Waals surface area contributed by atoms with Gasteiger partial charge in [-0.3, -0.25) is 4.79 Å². The van der Waals surface area contributed by atoms with Gasteiger partial charge in [-0.1, -0.05) is 24.3 Å². The van der Waals surface area contributed by atoms with Gasteiger partial charge in [0, 0.05) is 38.1 Å². The van der Waals surface area contributed by atoms with Gasteiger partial charge in [-0.2, -0.15) is 0 Å². The van der Waals surface area contributed by atoms with Crippen LogP contribution < -0.4 is 10.2 Å². The molecule has 2 aromatic carbocycles. The van der Waals surface area contributed by atoms with Crippen LogP contribution in [0, 0.1) is 0 Å². The van der Waals surface area contributed by atoms with Gasteiger partial charge >= 0.3 is 0 Å². The van der Waals surface area contributed by atoms with Gasteiger partial charge in [-0.15, -0.1) is 0 Å². The van der Waals surface area contributed by atoms with Crippen molar-refractivity contribution in [3.8, 4) is 0 Å². The molecule has 0 aliphatic carbocycles. The second-order valence-corrected chi connectivity index (χ2v) is 6.35. The van der Waals surface area contributed by atoms with Crippen molar-refractivity contribution in [3.05, 3.63) is 59.7 Å². The number of nitrogens with one attached hydrogen (secondary N) is 1. The normalized spacial score (nSPS) is 16.2. The van der Waals surface area contributed by atoms with Crippen molar-refractivity contribution in [1.82, 2.24) is 4.90 Å². The minimum Gasteiger partial charge on any atom is -0.383 e. The van der Waals surface area contributed by atoms with E-state index in [4.69, 9.17) is 4.74 Å². The van der Waals surface area contributed by atoms with Crippen molar-refractivity contribution in [3.63, 3.8) is 0 Å². The second kappa shape index (κ2) is 8.23. The van der Waals surface area contributed by atoms with E-state index in [1.165, 1.54) is 5.69 Å². The molecule has 1 unspecified atom stereocenters. The van der Waals surface area contributed by atoms with E-state index < -0.39 is 0 Å². The molecule has 1 heterocycles. The quantitative estimate of drug-likeness (QED) is 0.823. The Bertz CT molecular complexity index is 741. The van der Waals surface area contributed by atoms with E-state index >= 15 is 0 Å². The Kier molecular flexibility index (Phi) is 5.78. The van der Waals surface area contributed by atoms with E-state index in [0.717, 1.165) is 24.3 Å². The molecular weight excluding hydrogens is 326 g/mol. The summed E-state index contributed by atoms with van der Waals surface area (Å²) in [4.78, 5) is 17.1. The zero-order chi connectivity index (χ0) is 18.5. The molecule has 0 saturated heterocycles. The Morgan fingerprint density at radius 2 is 1.77 bits per heavy atom. The fourth-order valence-corrected chi connectivity index (χ4v) is 3.43. The van der Waals surface area contributed by atoms with E-state index in [0.29, 0.717) is 18.7 Å². The monoisotopic (exact) mass is 353 g/mol. The van der Waals surface area contributed by atoms with Crippen LogP contribution >= 0.6 is 0 Å². The van der Waals surface area contributed by atoms with Gasteiger partial charge in [0.1, 0.15) is 6.17 Å². The molecule has 0 fully saturated rings. The molecule has 0 radical (unpaired) electrons. The van der Waals surface area contributed by atoms with E-state index in [9.17, 15) is 4.79 Å². The van der Waals surface area contributed by atoms with Crippen LogP contribution in [-0.4, -0.2) is 44.2 Å². The van der Waals surface area contributed by atoms with Crippen molar-refractivity contribution in [2.24, 2.45) is 0 Å². The maximum absolute atomic E-state index is 13.0. The number of nitrogens with zero attached hydrogens (tertiary/aromatic N) is 2. The highest BCUT2D eigenvalue weighted by molar-refractivity contribution is 6.01. The number of ether oxygens (including phenoxy) is 1. The first kappa shape index (κ1) is 18.3. The average molecular weight is 353 g/mol. The summed E-state index contributed by atoms with van der Waals surface area (Å²) in [6, 6.07) is 16.1. The number of methoxy groups -OCH3 is 1. The zero-order valence-corrected chi connectivity index (χ0v) is 15.7. The highest BCUT2D eigenvalue weighted by Crippen LogP contribution is 2.33. The minimum absolute atomic E-state index is 0.0363. The largest absolute Gasteiger partial charge is 0.383 e. The number of hydrogen-bond donors (Lipinski definition) is 1. The molecule has 5 heteroatoms. The molecule has 5 nitrogen and oxygen atoms in total. The first-order valence-corrected chi connectivity index (χ1v) is 9.20. The van der Waals surface area contributed by atoms with Gasteiger partial charge in [0.2, 0.25) is 0 Å². The summed E-state index contributed by atoms with van der Waals surface area (Å²) in [5.74, 6) is 0.0363. The van der Waals surface area contributed by atoms with Crippen molar-refractivity contribution in [2.45, 2.75) is 20.0 Å². The molecule has 138 valence electrons. The number of hydrogen-bond acceptors (Lipinski definition) is 4. The Balaban J connectivity index is 1.92. The summed E-state index contributed by atoms with van der Waals surface area (Å²) in [7, 11) is 1.66. The molecule has 0 bridgehead atoms.